The van der Waals surface area contributed by atoms with E-state index in [4.69, 9.17) is 4.74 Å². The first-order chi connectivity index (χ1) is 16.1. The van der Waals surface area contributed by atoms with E-state index in [1.807, 2.05) is 0 Å². The van der Waals surface area contributed by atoms with Gasteiger partial charge in [0.05, 0.1) is 23.1 Å². The lowest BCUT2D eigenvalue weighted by atomic mass is 9.92. The van der Waals surface area contributed by atoms with E-state index in [-0.39, 0.29) is 47.7 Å². The summed E-state index contributed by atoms with van der Waals surface area (Å²) in [6, 6.07) is 5.18. The highest BCUT2D eigenvalue weighted by atomic mass is 19.4. The zero-order valence-electron chi connectivity index (χ0n) is 18.1. The summed E-state index contributed by atoms with van der Waals surface area (Å²) in [7, 11) is 0. The zero-order chi connectivity index (χ0) is 24.7. The van der Waals surface area contributed by atoms with Crippen LogP contribution in [-0.2, 0) is 21.1 Å². The van der Waals surface area contributed by atoms with Crippen LogP contribution in [0, 0.1) is 12.7 Å². The van der Waals surface area contributed by atoms with Crippen molar-refractivity contribution in [2.24, 2.45) is 0 Å². The maximum atomic E-state index is 14.6. The fraction of sp³-hybridized carbons (Fsp3) is 0.318. The fourth-order valence-corrected chi connectivity index (χ4v) is 3.87. The van der Waals surface area contributed by atoms with Crippen LogP contribution >= 0.6 is 0 Å². The van der Waals surface area contributed by atoms with E-state index in [0.29, 0.717) is 11.6 Å². The average Bonchev–Trinajstić information content (AvgIpc) is 3.38. The molecule has 2 aromatic carbocycles. The second-order valence-electron chi connectivity index (χ2n) is 7.91. The summed E-state index contributed by atoms with van der Waals surface area (Å²) in [5.74, 6) is -2.10. The number of anilines is 1. The van der Waals surface area contributed by atoms with E-state index in [2.05, 4.69) is 25.9 Å². The third-order valence-corrected chi connectivity index (χ3v) is 5.67. The van der Waals surface area contributed by atoms with E-state index in [0.717, 1.165) is 12.1 Å². The van der Waals surface area contributed by atoms with Crippen LogP contribution in [0.3, 0.4) is 0 Å². The molecule has 0 aliphatic heterocycles. The van der Waals surface area contributed by atoms with Crippen LogP contribution in [0.2, 0.25) is 0 Å². The van der Waals surface area contributed by atoms with Gasteiger partial charge in [0.25, 0.3) is 0 Å². The lowest BCUT2D eigenvalue weighted by Gasteiger charge is -2.19. The Hall–Kier alpha value is -3.83. The van der Waals surface area contributed by atoms with Gasteiger partial charge < -0.3 is 10.1 Å². The maximum Gasteiger partial charge on any atom is 0.416 e. The molecule has 1 aromatic heterocycles. The summed E-state index contributed by atoms with van der Waals surface area (Å²) in [4.78, 5) is 25.6. The minimum Gasteiger partial charge on any atom is -0.462 e. The van der Waals surface area contributed by atoms with E-state index in [1.54, 1.807) is 13.8 Å². The fourth-order valence-electron chi connectivity index (χ4n) is 3.87. The molecule has 0 radical (unpaired) electrons. The Labute approximate surface area is 190 Å². The number of H-pyrrole nitrogens is 1. The molecule has 0 spiro atoms. The van der Waals surface area contributed by atoms with Crippen LogP contribution in [0.15, 0.2) is 30.3 Å². The van der Waals surface area contributed by atoms with Crippen LogP contribution in [-0.4, -0.2) is 39.1 Å². The first kappa shape index (κ1) is 23.3. The largest absolute Gasteiger partial charge is 0.462 e. The Morgan fingerprint density at radius 2 is 1.94 bits per heavy atom. The van der Waals surface area contributed by atoms with Gasteiger partial charge in [-0.15, -0.1) is 5.10 Å². The number of ether oxygens (including phenoxy) is 1. The van der Waals surface area contributed by atoms with Gasteiger partial charge >= 0.3 is 12.1 Å². The Kier molecular flexibility index (Phi) is 5.84. The van der Waals surface area contributed by atoms with Crippen molar-refractivity contribution in [2.75, 3.05) is 11.9 Å². The molecule has 3 aromatic rings. The molecule has 178 valence electrons. The minimum atomic E-state index is -4.69. The topological polar surface area (TPSA) is 110 Å². The average molecular weight is 477 g/mol. The lowest BCUT2D eigenvalue weighted by Crippen LogP contribution is -2.29. The SMILES string of the molecule is CCOC(=O)c1c(C)cc(NC(=O)C2(c3ccc(C(F)(F)F)cc3F)CC2)cc1-c1nnn[nH]1. The van der Waals surface area contributed by atoms with Gasteiger partial charge in [0.2, 0.25) is 5.91 Å². The number of rotatable bonds is 6. The third kappa shape index (κ3) is 4.22. The van der Waals surface area contributed by atoms with Crippen molar-refractivity contribution in [3.8, 4) is 11.4 Å². The highest BCUT2D eigenvalue weighted by molar-refractivity contribution is 6.04. The Morgan fingerprint density at radius 1 is 1.21 bits per heavy atom. The quantitative estimate of drug-likeness (QED) is 0.407. The monoisotopic (exact) mass is 477 g/mol. The van der Waals surface area contributed by atoms with Gasteiger partial charge in [-0.2, -0.15) is 13.2 Å². The van der Waals surface area contributed by atoms with Gasteiger partial charge in [0, 0.05) is 16.8 Å². The minimum absolute atomic E-state index is 0.0995. The van der Waals surface area contributed by atoms with Gasteiger partial charge in [-0.25, -0.2) is 14.3 Å². The molecule has 1 fully saturated rings. The number of aromatic amines is 1. The predicted molar refractivity (Wildman–Crippen MR) is 111 cm³/mol. The summed E-state index contributed by atoms with van der Waals surface area (Å²) in [5.41, 5.74) is -1.28. The number of amides is 1. The predicted octanol–water partition coefficient (Wildman–Crippen LogP) is 4.18. The van der Waals surface area contributed by atoms with E-state index in [1.165, 1.54) is 12.1 Å². The number of esters is 1. The van der Waals surface area contributed by atoms with Crippen molar-refractivity contribution in [3.05, 3.63) is 58.4 Å². The normalized spacial score (nSPS) is 14.5. The highest BCUT2D eigenvalue weighted by Crippen LogP contribution is 2.50. The van der Waals surface area contributed by atoms with Crippen molar-refractivity contribution in [2.45, 2.75) is 38.3 Å². The number of aromatic nitrogens is 4. The number of carbonyl (C=O) groups excluding carboxylic acids is 2. The second kappa shape index (κ2) is 8.50. The van der Waals surface area contributed by atoms with Gasteiger partial charge in [-0.1, -0.05) is 6.07 Å². The molecule has 2 N–H and O–H groups in total. The number of benzene rings is 2. The van der Waals surface area contributed by atoms with Crippen molar-refractivity contribution < 1.29 is 31.9 Å². The summed E-state index contributed by atoms with van der Waals surface area (Å²) in [6.07, 6.45) is -4.14. The molecule has 1 saturated carbocycles. The molecule has 0 unspecified atom stereocenters. The lowest BCUT2D eigenvalue weighted by molar-refractivity contribution is -0.137. The maximum absolute atomic E-state index is 14.6. The number of aryl methyl sites for hydroxylation is 1. The molecule has 8 nitrogen and oxygen atoms in total. The van der Waals surface area contributed by atoms with Gasteiger partial charge in [0.15, 0.2) is 5.82 Å². The third-order valence-electron chi connectivity index (χ3n) is 5.67. The van der Waals surface area contributed by atoms with Crippen LogP contribution in [0.1, 0.15) is 46.8 Å². The molecular weight excluding hydrogens is 458 g/mol. The summed E-state index contributed by atoms with van der Waals surface area (Å²) in [5, 5.41) is 16.1. The number of hydrogen-bond donors (Lipinski definition) is 2. The molecule has 12 heteroatoms. The molecular formula is C22H19F4N5O3. The van der Waals surface area contributed by atoms with Crippen molar-refractivity contribution in [1.29, 1.82) is 0 Å². The molecule has 1 aliphatic carbocycles. The van der Waals surface area contributed by atoms with Crippen LogP contribution in [0.25, 0.3) is 11.4 Å². The Bertz CT molecular complexity index is 1250. The molecule has 1 amide bonds. The summed E-state index contributed by atoms with van der Waals surface area (Å²) in [6.45, 7) is 3.44. The number of nitrogens with zero attached hydrogens (tertiary/aromatic N) is 3. The molecule has 1 aliphatic rings. The van der Waals surface area contributed by atoms with E-state index >= 15 is 0 Å². The van der Waals surface area contributed by atoms with E-state index < -0.39 is 34.8 Å². The molecule has 1 heterocycles. The molecule has 34 heavy (non-hydrogen) atoms. The van der Waals surface area contributed by atoms with Gasteiger partial charge in [-0.3, -0.25) is 4.79 Å². The zero-order valence-corrected chi connectivity index (χ0v) is 18.1. The van der Waals surface area contributed by atoms with Gasteiger partial charge in [-0.05, 0) is 66.9 Å². The standard InChI is InChI=1S/C22H19F4N5O3/c1-3-34-19(32)17-11(2)8-13(10-14(17)18-28-30-31-29-18)27-20(33)21(6-7-21)15-5-4-12(9-16(15)23)22(24,25)26/h4-5,8-10H,3,6-7H2,1-2H3,(H,27,33)(H,28,29,30,31). The van der Waals surface area contributed by atoms with Crippen LogP contribution < -0.4 is 5.32 Å². The first-order valence-corrected chi connectivity index (χ1v) is 10.3. The van der Waals surface area contributed by atoms with Crippen molar-refractivity contribution in [1.82, 2.24) is 20.6 Å². The van der Waals surface area contributed by atoms with Gasteiger partial charge in [0.1, 0.15) is 5.82 Å². The highest BCUT2D eigenvalue weighted by Gasteiger charge is 2.53. The Balaban J connectivity index is 1.67. The number of tetrazole rings is 1. The molecule has 0 bridgehead atoms. The first-order valence-electron chi connectivity index (χ1n) is 10.3. The summed E-state index contributed by atoms with van der Waals surface area (Å²) >= 11 is 0. The smallest absolute Gasteiger partial charge is 0.416 e. The van der Waals surface area contributed by atoms with Crippen LogP contribution in [0.5, 0.6) is 0 Å². The van der Waals surface area contributed by atoms with Crippen molar-refractivity contribution in [3.63, 3.8) is 0 Å². The number of nitrogens with one attached hydrogen (secondary N) is 2. The summed E-state index contributed by atoms with van der Waals surface area (Å²) < 4.78 is 58.4. The number of alkyl halides is 3. The number of halogens is 4. The Morgan fingerprint density at radius 3 is 2.50 bits per heavy atom. The van der Waals surface area contributed by atoms with Crippen molar-refractivity contribution >= 4 is 17.6 Å². The molecule has 0 saturated heterocycles. The molecule has 4 rings (SSSR count). The van der Waals surface area contributed by atoms with Crippen LogP contribution in [0.4, 0.5) is 23.2 Å². The second-order valence-corrected chi connectivity index (χ2v) is 7.91. The van der Waals surface area contributed by atoms with E-state index in [9.17, 15) is 27.2 Å². The molecule has 0 atom stereocenters. The number of carbonyl (C=O) groups is 2. The number of hydrogen-bond acceptors (Lipinski definition) is 6.